The van der Waals surface area contributed by atoms with Gasteiger partial charge in [0.2, 0.25) is 0 Å². The van der Waals surface area contributed by atoms with Crippen molar-refractivity contribution in [1.82, 2.24) is 5.32 Å². The third-order valence-corrected chi connectivity index (χ3v) is 3.15. The molecule has 3 N–H and O–H groups in total. The molecule has 0 bridgehead atoms. The second-order valence-corrected chi connectivity index (χ2v) is 4.38. The van der Waals surface area contributed by atoms with Crippen molar-refractivity contribution in [2.24, 2.45) is 5.11 Å². The molecule has 6 nitrogen and oxygen atoms in total. The maximum Gasteiger partial charge on any atom is 0.105 e. The van der Waals surface area contributed by atoms with Crippen LogP contribution in [0.25, 0.3) is 10.4 Å². The van der Waals surface area contributed by atoms with Crippen LogP contribution in [0.5, 0.6) is 0 Å². The maximum atomic E-state index is 9.97. The normalized spacial score (nSPS) is 17.4. The Kier molecular flexibility index (Phi) is 4.17. The van der Waals surface area contributed by atoms with Gasteiger partial charge in [0.05, 0.1) is 12.6 Å². The van der Waals surface area contributed by atoms with Gasteiger partial charge in [0.15, 0.2) is 0 Å². The molecule has 0 saturated heterocycles. The monoisotopic (exact) mass is 248 g/mol. The number of benzene rings is 1. The molecule has 0 radical (unpaired) electrons. The van der Waals surface area contributed by atoms with Gasteiger partial charge in [-0.2, -0.15) is 0 Å². The van der Waals surface area contributed by atoms with E-state index in [0.29, 0.717) is 5.56 Å². The van der Waals surface area contributed by atoms with Crippen LogP contribution in [0.15, 0.2) is 23.3 Å². The molecule has 6 heteroatoms. The molecule has 0 spiro atoms. The molecule has 1 aliphatic rings. The third-order valence-electron chi connectivity index (χ3n) is 3.15. The van der Waals surface area contributed by atoms with Crippen molar-refractivity contribution in [3.8, 4) is 0 Å². The molecule has 1 heterocycles. The summed E-state index contributed by atoms with van der Waals surface area (Å²) in [4.78, 5) is 2.57. The smallest absolute Gasteiger partial charge is 0.105 e. The molecule has 2 atom stereocenters. The van der Waals surface area contributed by atoms with E-state index < -0.39 is 12.2 Å². The van der Waals surface area contributed by atoms with Gasteiger partial charge in [0.1, 0.15) is 6.10 Å². The van der Waals surface area contributed by atoms with Crippen LogP contribution in [-0.2, 0) is 13.0 Å². The standard InChI is InChI=1S/C12H16N4O2/c13-16-15-7-11(17)12(18)9-1-2-10-6-14-4-3-8(10)5-9/h1-2,5,11-12,14,17-18H,3-4,6-7H2. The summed E-state index contributed by atoms with van der Waals surface area (Å²) in [5, 5.41) is 26.2. The van der Waals surface area contributed by atoms with Crippen molar-refractivity contribution in [1.29, 1.82) is 0 Å². The van der Waals surface area contributed by atoms with Gasteiger partial charge in [-0.25, -0.2) is 0 Å². The molecule has 0 saturated carbocycles. The lowest BCUT2D eigenvalue weighted by atomic mass is 9.95. The van der Waals surface area contributed by atoms with Crippen LogP contribution in [0.2, 0.25) is 0 Å². The predicted molar refractivity (Wildman–Crippen MR) is 66.8 cm³/mol. The SMILES string of the molecule is [N-]=[N+]=NCC(O)C(O)c1ccc2c(c1)CCNC2. The molecule has 96 valence electrons. The summed E-state index contributed by atoms with van der Waals surface area (Å²) in [6.45, 7) is 1.64. The minimum atomic E-state index is -1.07. The van der Waals surface area contributed by atoms with E-state index >= 15 is 0 Å². The highest BCUT2D eigenvalue weighted by Gasteiger charge is 2.19. The zero-order valence-electron chi connectivity index (χ0n) is 9.95. The van der Waals surface area contributed by atoms with Gasteiger partial charge in [0.25, 0.3) is 0 Å². The molecule has 0 aromatic heterocycles. The average molecular weight is 248 g/mol. The summed E-state index contributed by atoms with van der Waals surface area (Å²) in [6.07, 6.45) is -1.17. The van der Waals surface area contributed by atoms with E-state index in [0.717, 1.165) is 19.5 Å². The van der Waals surface area contributed by atoms with Crippen molar-refractivity contribution >= 4 is 0 Å². The van der Waals surface area contributed by atoms with Gasteiger partial charge in [-0.1, -0.05) is 23.3 Å². The molecule has 2 unspecified atom stereocenters. The van der Waals surface area contributed by atoms with Crippen LogP contribution < -0.4 is 5.32 Å². The average Bonchev–Trinajstić information content (AvgIpc) is 2.43. The summed E-state index contributed by atoms with van der Waals surface area (Å²) in [6, 6.07) is 5.68. The Hall–Kier alpha value is -1.59. The minimum Gasteiger partial charge on any atom is -0.390 e. The number of fused-ring (bicyclic) bond motifs is 1. The van der Waals surface area contributed by atoms with Crippen LogP contribution >= 0.6 is 0 Å². The first-order valence-electron chi connectivity index (χ1n) is 5.92. The zero-order valence-corrected chi connectivity index (χ0v) is 9.95. The number of rotatable bonds is 4. The van der Waals surface area contributed by atoms with Crippen LogP contribution in [0, 0.1) is 0 Å². The largest absolute Gasteiger partial charge is 0.390 e. The number of hydrogen-bond acceptors (Lipinski definition) is 4. The van der Waals surface area contributed by atoms with Crippen LogP contribution in [0.4, 0.5) is 0 Å². The van der Waals surface area contributed by atoms with Gasteiger partial charge in [0, 0.05) is 11.5 Å². The molecule has 18 heavy (non-hydrogen) atoms. The van der Waals surface area contributed by atoms with Crippen molar-refractivity contribution < 1.29 is 10.2 Å². The third kappa shape index (κ3) is 2.80. The van der Waals surface area contributed by atoms with Crippen LogP contribution in [0.1, 0.15) is 22.8 Å². The molecule has 1 aromatic rings. The minimum absolute atomic E-state index is 0.129. The van der Waals surface area contributed by atoms with E-state index in [1.807, 2.05) is 12.1 Å². The first-order valence-corrected chi connectivity index (χ1v) is 5.92. The number of nitrogens with one attached hydrogen (secondary N) is 1. The Morgan fingerprint density at radius 2 is 2.22 bits per heavy atom. The zero-order chi connectivity index (χ0) is 13.0. The van der Waals surface area contributed by atoms with Gasteiger partial charge in [-0.3, -0.25) is 0 Å². The van der Waals surface area contributed by atoms with Crippen molar-refractivity contribution in [3.05, 3.63) is 45.3 Å². The summed E-state index contributed by atoms with van der Waals surface area (Å²) >= 11 is 0. The lowest BCUT2D eigenvalue weighted by molar-refractivity contribution is 0.0243. The Balaban J connectivity index is 2.15. The summed E-state index contributed by atoms with van der Waals surface area (Å²) in [5.74, 6) is 0. The summed E-state index contributed by atoms with van der Waals surface area (Å²) in [7, 11) is 0. The Bertz CT molecular complexity index is 471. The molecule has 1 aliphatic heterocycles. The molecular weight excluding hydrogens is 232 g/mol. The van der Waals surface area contributed by atoms with E-state index in [4.69, 9.17) is 5.53 Å². The molecule has 0 fully saturated rings. The molecule has 2 rings (SSSR count). The second-order valence-electron chi connectivity index (χ2n) is 4.38. The summed E-state index contributed by atoms with van der Waals surface area (Å²) < 4.78 is 0. The lowest BCUT2D eigenvalue weighted by Crippen LogP contribution is -2.25. The van der Waals surface area contributed by atoms with E-state index in [9.17, 15) is 10.2 Å². The summed E-state index contributed by atoms with van der Waals surface area (Å²) in [5.41, 5.74) is 11.3. The second kappa shape index (κ2) is 5.84. The van der Waals surface area contributed by atoms with E-state index in [1.54, 1.807) is 6.07 Å². The van der Waals surface area contributed by atoms with E-state index in [1.165, 1.54) is 11.1 Å². The van der Waals surface area contributed by atoms with Gasteiger partial charge in [-0.15, -0.1) is 0 Å². The molecule has 1 aromatic carbocycles. The fraction of sp³-hybridized carbons (Fsp3) is 0.500. The molecule has 0 aliphatic carbocycles. The van der Waals surface area contributed by atoms with Crippen molar-refractivity contribution in [2.45, 2.75) is 25.2 Å². The van der Waals surface area contributed by atoms with Gasteiger partial charge >= 0.3 is 0 Å². The molecular formula is C12H16N4O2. The highest BCUT2D eigenvalue weighted by Crippen LogP contribution is 2.22. The van der Waals surface area contributed by atoms with E-state index in [2.05, 4.69) is 15.3 Å². The van der Waals surface area contributed by atoms with E-state index in [-0.39, 0.29) is 6.54 Å². The number of aliphatic hydroxyl groups excluding tert-OH is 2. The number of aliphatic hydroxyl groups is 2. The molecule has 0 amide bonds. The van der Waals surface area contributed by atoms with Crippen molar-refractivity contribution in [3.63, 3.8) is 0 Å². The number of hydrogen-bond donors (Lipinski definition) is 3. The quantitative estimate of drug-likeness (QED) is 0.421. The first kappa shape index (κ1) is 12.9. The van der Waals surface area contributed by atoms with Gasteiger partial charge in [-0.05, 0) is 35.2 Å². The highest BCUT2D eigenvalue weighted by molar-refractivity contribution is 5.35. The Morgan fingerprint density at radius 1 is 1.39 bits per heavy atom. The topological polar surface area (TPSA) is 101 Å². The number of azide groups is 1. The first-order chi connectivity index (χ1) is 8.72. The van der Waals surface area contributed by atoms with Crippen LogP contribution in [-0.4, -0.2) is 29.4 Å². The fourth-order valence-corrected chi connectivity index (χ4v) is 2.12. The predicted octanol–water partition coefficient (Wildman–Crippen LogP) is 1.04. The Labute approximate surface area is 105 Å². The number of nitrogens with zero attached hydrogens (tertiary/aromatic N) is 3. The van der Waals surface area contributed by atoms with Crippen molar-refractivity contribution in [2.75, 3.05) is 13.1 Å². The van der Waals surface area contributed by atoms with Crippen LogP contribution in [0.3, 0.4) is 0 Å². The lowest BCUT2D eigenvalue weighted by Gasteiger charge is -2.21. The highest BCUT2D eigenvalue weighted by atomic mass is 16.3. The Morgan fingerprint density at radius 3 is 3.00 bits per heavy atom. The fourth-order valence-electron chi connectivity index (χ4n) is 2.12. The maximum absolute atomic E-state index is 9.97. The van der Waals surface area contributed by atoms with Gasteiger partial charge < -0.3 is 15.5 Å².